The van der Waals surface area contributed by atoms with Gasteiger partial charge in [0.2, 0.25) is 5.79 Å². The number of esters is 1. The van der Waals surface area contributed by atoms with Gasteiger partial charge in [-0.3, -0.25) is 0 Å². The lowest BCUT2D eigenvalue weighted by Gasteiger charge is -2.48. The summed E-state index contributed by atoms with van der Waals surface area (Å²) in [7, 11) is 0. The van der Waals surface area contributed by atoms with Crippen LogP contribution in [-0.4, -0.2) is 28.1 Å². The van der Waals surface area contributed by atoms with Crippen LogP contribution in [0, 0.1) is 23.2 Å². The van der Waals surface area contributed by atoms with Crippen molar-refractivity contribution in [2.45, 2.75) is 38.6 Å². The summed E-state index contributed by atoms with van der Waals surface area (Å²) in [4.78, 5) is 11.7. The molecule has 0 aromatic carbocycles. The third-order valence-corrected chi connectivity index (χ3v) is 5.85. The second-order valence-electron chi connectivity index (χ2n) is 6.84. The van der Waals surface area contributed by atoms with Crippen LogP contribution in [0.25, 0.3) is 0 Å². The minimum Gasteiger partial charge on any atom is -0.426 e. The van der Waals surface area contributed by atoms with Crippen molar-refractivity contribution in [1.82, 2.24) is 0 Å². The first-order valence-electron chi connectivity index (χ1n) is 6.83. The quantitative estimate of drug-likeness (QED) is 0.507. The van der Waals surface area contributed by atoms with Gasteiger partial charge in [0.25, 0.3) is 0 Å². The summed E-state index contributed by atoms with van der Waals surface area (Å²) in [6.07, 6.45) is 0.608. The first-order chi connectivity index (χ1) is 8.79. The maximum atomic E-state index is 11.7. The summed E-state index contributed by atoms with van der Waals surface area (Å²) in [5, 5.41) is 21.3. The molecule has 2 N–H and O–H groups in total. The molecular weight excluding hydrogens is 244 g/mol. The Balaban J connectivity index is 1.88. The van der Waals surface area contributed by atoms with Crippen molar-refractivity contribution >= 4 is 5.97 Å². The van der Waals surface area contributed by atoms with E-state index in [0.717, 1.165) is 12.0 Å². The van der Waals surface area contributed by atoms with Crippen molar-refractivity contribution in [2.75, 3.05) is 0 Å². The zero-order valence-electron chi connectivity index (χ0n) is 11.1. The van der Waals surface area contributed by atoms with Crippen LogP contribution in [0.15, 0.2) is 23.3 Å². The molecule has 4 nitrogen and oxygen atoms in total. The highest BCUT2D eigenvalue weighted by Crippen LogP contribution is 2.73. The second kappa shape index (κ2) is 2.96. The molecular formula is C15H18O4. The smallest absolute Gasteiger partial charge is 0.336 e. The Labute approximate surface area is 111 Å². The van der Waals surface area contributed by atoms with Crippen LogP contribution in [0.1, 0.15) is 26.7 Å². The van der Waals surface area contributed by atoms with Gasteiger partial charge in [-0.25, -0.2) is 4.79 Å². The van der Waals surface area contributed by atoms with E-state index in [-0.39, 0.29) is 11.3 Å². The normalized spacial score (nSPS) is 54.7. The van der Waals surface area contributed by atoms with Crippen LogP contribution < -0.4 is 0 Å². The van der Waals surface area contributed by atoms with Gasteiger partial charge in [-0.15, -0.1) is 0 Å². The minimum atomic E-state index is -1.61. The fourth-order valence-corrected chi connectivity index (χ4v) is 4.98. The topological polar surface area (TPSA) is 66.8 Å². The van der Waals surface area contributed by atoms with Crippen LogP contribution >= 0.6 is 0 Å². The van der Waals surface area contributed by atoms with Gasteiger partial charge in [-0.05, 0) is 30.6 Å². The molecule has 4 aliphatic rings. The molecule has 3 saturated carbocycles. The third kappa shape index (κ3) is 1.11. The zero-order chi connectivity index (χ0) is 13.7. The molecule has 0 unspecified atom stereocenters. The molecule has 0 aromatic rings. The van der Waals surface area contributed by atoms with Gasteiger partial charge in [0, 0.05) is 23.5 Å². The molecule has 3 fully saturated rings. The van der Waals surface area contributed by atoms with Gasteiger partial charge in [0.15, 0.2) is 0 Å². The monoisotopic (exact) mass is 262 g/mol. The van der Waals surface area contributed by atoms with E-state index in [1.54, 1.807) is 6.92 Å². The first kappa shape index (κ1) is 11.7. The first-order valence-corrected chi connectivity index (χ1v) is 6.83. The summed E-state index contributed by atoms with van der Waals surface area (Å²) in [5.41, 5.74) is 1.58. The van der Waals surface area contributed by atoms with Crippen molar-refractivity contribution < 1.29 is 19.7 Å². The molecule has 19 heavy (non-hydrogen) atoms. The lowest BCUT2D eigenvalue weighted by Crippen LogP contribution is -2.53. The molecule has 0 bridgehead atoms. The number of carbonyl (C=O) groups excluding carboxylic acids is 1. The van der Waals surface area contributed by atoms with Gasteiger partial charge in [0.05, 0.1) is 6.10 Å². The molecule has 1 aliphatic heterocycles. The molecule has 102 valence electrons. The highest BCUT2D eigenvalue weighted by molar-refractivity contribution is 5.92. The fraction of sp³-hybridized carbons (Fsp3) is 0.667. The van der Waals surface area contributed by atoms with E-state index in [0.29, 0.717) is 29.4 Å². The van der Waals surface area contributed by atoms with Gasteiger partial charge in [-0.2, -0.15) is 0 Å². The van der Waals surface area contributed by atoms with E-state index < -0.39 is 17.9 Å². The molecule has 6 atom stereocenters. The van der Waals surface area contributed by atoms with E-state index >= 15 is 0 Å². The van der Waals surface area contributed by atoms with E-state index in [1.807, 2.05) is 0 Å². The van der Waals surface area contributed by atoms with E-state index in [4.69, 9.17) is 4.74 Å². The molecule has 0 radical (unpaired) electrons. The molecule has 4 rings (SSSR count). The number of fused-ring (bicyclic) bond motifs is 4. The molecule has 0 aromatic heterocycles. The number of rotatable bonds is 0. The Kier molecular flexibility index (Phi) is 1.82. The van der Waals surface area contributed by atoms with Crippen molar-refractivity contribution in [1.29, 1.82) is 0 Å². The van der Waals surface area contributed by atoms with Crippen molar-refractivity contribution in [2.24, 2.45) is 23.2 Å². The van der Waals surface area contributed by atoms with Crippen molar-refractivity contribution in [3.05, 3.63) is 23.3 Å². The van der Waals surface area contributed by atoms with E-state index in [9.17, 15) is 15.0 Å². The summed E-state index contributed by atoms with van der Waals surface area (Å²) >= 11 is 0. The Morgan fingerprint density at radius 3 is 2.84 bits per heavy atom. The fourth-order valence-electron chi connectivity index (χ4n) is 4.98. The molecule has 0 saturated heterocycles. The summed E-state index contributed by atoms with van der Waals surface area (Å²) in [6.45, 7) is 7.84. The highest BCUT2D eigenvalue weighted by atomic mass is 16.7. The number of aliphatic hydroxyl groups excluding tert-OH is 1. The predicted octanol–water partition coefficient (Wildman–Crippen LogP) is 1.14. The van der Waals surface area contributed by atoms with Crippen molar-refractivity contribution in [3.63, 3.8) is 0 Å². The maximum absolute atomic E-state index is 11.7. The van der Waals surface area contributed by atoms with Crippen LogP contribution in [-0.2, 0) is 9.53 Å². The van der Waals surface area contributed by atoms with Crippen LogP contribution in [0.3, 0.4) is 0 Å². The van der Waals surface area contributed by atoms with Gasteiger partial charge >= 0.3 is 5.97 Å². The Bertz CT molecular complexity index is 562. The molecule has 1 heterocycles. The van der Waals surface area contributed by atoms with E-state index in [1.165, 1.54) is 0 Å². The number of aliphatic hydroxyl groups is 2. The SMILES string of the molecule is C=C1[C@H]2C[C@H]2[C@]2(C)C[C@]3(O)OC(=O)C(C)=C3[C@H](O)[C@@H]12. The number of carbonyl (C=O) groups is 1. The highest BCUT2D eigenvalue weighted by Gasteiger charge is 2.71. The minimum absolute atomic E-state index is 0.0593. The van der Waals surface area contributed by atoms with Gasteiger partial charge in [-0.1, -0.05) is 19.1 Å². The standard InChI is InChI=1S/C15H18O4/c1-6-8-4-9(8)14(3)5-15(18)11(12(16)10(6)14)7(2)13(17)19-15/h8-10,12,16,18H,1,4-5H2,2-3H3/t8-,9-,10-,12-,14+,15+/m1/s1. The second-order valence-corrected chi connectivity index (χ2v) is 6.84. The predicted molar refractivity (Wildman–Crippen MR) is 66.7 cm³/mol. The lowest BCUT2D eigenvalue weighted by atomic mass is 9.60. The molecule has 0 spiro atoms. The van der Waals surface area contributed by atoms with Crippen LogP contribution in [0.4, 0.5) is 0 Å². The van der Waals surface area contributed by atoms with Gasteiger partial charge in [0.1, 0.15) is 0 Å². The summed E-state index contributed by atoms with van der Waals surface area (Å²) < 4.78 is 5.16. The largest absolute Gasteiger partial charge is 0.426 e. The van der Waals surface area contributed by atoms with Crippen molar-refractivity contribution in [3.8, 4) is 0 Å². The Morgan fingerprint density at radius 1 is 1.47 bits per heavy atom. The average Bonchev–Trinajstić information content (AvgIpc) is 2.98. The Hall–Kier alpha value is -1.13. The maximum Gasteiger partial charge on any atom is 0.336 e. The van der Waals surface area contributed by atoms with Crippen LogP contribution in [0.5, 0.6) is 0 Å². The molecule has 4 heteroatoms. The summed E-state index contributed by atoms with van der Waals surface area (Å²) in [5.74, 6) is -1.24. The number of hydrogen-bond donors (Lipinski definition) is 2. The summed E-state index contributed by atoms with van der Waals surface area (Å²) in [6, 6.07) is 0. The third-order valence-electron chi connectivity index (χ3n) is 5.85. The zero-order valence-corrected chi connectivity index (χ0v) is 11.1. The van der Waals surface area contributed by atoms with Crippen LogP contribution in [0.2, 0.25) is 0 Å². The lowest BCUT2D eigenvalue weighted by molar-refractivity contribution is -0.211. The Morgan fingerprint density at radius 2 is 2.16 bits per heavy atom. The molecule has 0 amide bonds. The molecule has 3 aliphatic carbocycles. The number of ether oxygens (including phenoxy) is 1. The van der Waals surface area contributed by atoms with E-state index in [2.05, 4.69) is 13.5 Å². The average molecular weight is 262 g/mol. The van der Waals surface area contributed by atoms with Gasteiger partial charge < -0.3 is 14.9 Å². The number of hydrogen-bond acceptors (Lipinski definition) is 4.